The number of hydrogen-bond donors (Lipinski definition) is 1. The van der Waals surface area contributed by atoms with Gasteiger partial charge < -0.3 is 10.2 Å². The van der Waals surface area contributed by atoms with E-state index in [0.29, 0.717) is 24.3 Å². The van der Waals surface area contributed by atoms with Crippen LogP contribution in [0.15, 0.2) is 11.8 Å². The number of nitrogens with one attached hydrogen (secondary N) is 1. The Kier molecular flexibility index (Phi) is 8.71. The number of nitriles is 1. The minimum Gasteiger partial charge on any atom is -0.376 e. The van der Waals surface area contributed by atoms with Crippen LogP contribution in [0, 0.1) is 29.1 Å². The molecule has 114 valence electrons. The molecule has 0 spiro atoms. The van der Waals surface area contributed by atoms with Gasteiger partial charge in [0.2, 0.25) is 0 Å². The first-order valence-corrected chi connectivity index (χ1v) is 7.40. The fourth-order valence-corrected chi connectivity index (χ4v) is 1.83. The summed E-state index contributed by atoms with van der Waals surface area (Å²) in [6.45, 7) is 14.9. The van der Waals surface area contributed by atoms with E-state index >= 15 is 0 Å². The molecule has 0 radical (unpaired) electrons. The molecular formula is C16H29N3O. The third kappa shape index (κ3) is 8.58. The van der Waals surface area contributed by atoms with Crippen molar-refractivity contribution >= 4 is 5.91 Å². The summed E-state index contributed by atoms with van der Waals surface area (Å²) in [6.07, 6.45) is 1.70. The third-order valence-corrected chi connectivity index (χ3v) is 2.55. The topological polar surface area (TPSA) is 56.1 Å². The van der Waals surface area contributed by atoms with E-state index in [1.807, 2.05) is 19.9 Å². The van der Waals surface area contributed by atoms with Gasteiger partial charge in [0, 0.05) is 25.8 Å². The largest absolute Gasteiger partial charge is 0.376 e. The Balaban J connectivity index is 4.85. The van der Waals surface area contributed by atoms with Crippen molar-refractivity contribution in [3.05, 3.63) is 11.8 Å². The lowest BCUT2D eigenvalue weighted by Crippen LogP contribution is -2.31. The zero-order valence-corrected chi connectivity index (χ0v) is 13.7. The van der Waals surface area contributed by atoms with E-state index in [9.17, 15) is 10.1 Å². The van der Waals surface area contributed by atoms with Crippen LogP contribution in [0.1, 0.15) is 41.5 Å². The highest BCUT2D eigenvalue weighted by atomic mass is 16.1. The lowest BCUT2D eigenvalue weighted by atomic mass is 10.1. The molecule has 4 nitrogen and oxygen atoms in total. The summed E-state index contributed by atoms with van der Waals surface area (Å²) in [6, 6.07) is 2.01. The molecule has 0 bridgehead atoms. The van der Waals surface area contributed by atoms with Gasteiger partial charge in [-0.05, 0) is 17.8 Å². The van der Waals surface area contributed by atoms with Crippen molar-refractivity contribution in [2.45, 2.75) is 41.5 Å². The van der Waals surface area contributed by atoms with Crippen LogP contribution < -0.4 is 5.32 Å². The molecule has 0 aromatic carbocycles. The Morgan fingerprint density at radius 2 is 1.60 bits per heavy atom. The first-order chi connectivity index (χ1) is 9.26. The predicted molar refractivity (Wildman–Crippen MR) is 82.8 cm³/mol. The first kappa shape index (κ1) is 18.5. The van der Waals surface area contributed by atoms with Crippen LogP contribution in [0.3, 0.4) is 0 Å². The van der Waals surface area contributed by atoms with Crippen molar-refractivity contribution in [2.24, 2.45) is 17.8 Å². The summed E-state index contributed by atoms with van der Waals surface area (Å²) in [5, 5.41) is 12.0. The summed E-state index contributed by atoms with van der Waals surface area (Å²) < 4.78 is 0. The molecule has 0 heterocycles. The Morgan fingerprint density at radius 1 is 1.10 bits per heavy atom. The normalized spacial score (nSPS) is 11.9. The summed E-state index contributed by atoms with van der Waals surface area (Å²) in [5.74, 6) is 1.08. The fourth-order valence-electron chi connectivity index (χ4n) is 1.83. The molecule has 1 amide bonds. The second-order valence-electron chi connectivity index (χ2n) is 6.50. The maximum absolute atomic E-state index is 12.0. The molecule has 0 aliphatic heterocycles. The zero-order chi connectivity index (χ0) is 15.7. The van der Waals surface area contributed by atoms with E-state index in [0.717, 1.165) is 13.1 Å². The molecule has 0 unspecified atom stereocenters. The highest BCUT2D eigenvalue weighted by Crippen LogP contribution is 2.07. The second kappa shape index (κ2) is 9.41. The summed E-state index contributed by atoms with van der Waals surface area (Å²) in [4.78, 5) is 14.0. The first-order valence-electron chi connectivity index (χ1n) is 7.40. The van der Waals surface area contributed by atoms with Crippen molar-refractivity contribution in [2.75, 3.05) is 19.6 Å². The number of nitrogens with zero attached hydrogens (tertiary/aromatic N) is 2. The van der Waals surface area contributed by atoms with Gasteiger partial charge in [-0.3, -0.25) is 4.79 Å². The SMILES string of the molecule is CC(C)CNC(=O)/C(C#N)=C\N(CC(C)C)CC(C)C. The van der Waals surface area contributed by atoms with Gasteiger partial charge in [-0.1, -0.05) is 41.5 Å². The van der Waals surface area contributed by atoms with Crippen molar-refractivity contribution in [3.63, 3.8) is 0 Å². The molecule has 4 heteroatoms. The minimum absolute atomic E-state index is 0.187. The molecule has 0 saturated heterocycles. The van der Waals surface area contributed by atoms with Gasteiger partial charge in [-0.2, -0.15) is 5.26 Å². The minimum atomic E-state index is -0.279. The number of amides is 1. The Labute approximate surface area is 123 Å². The summed E-state index contributed by atoms with van der Waals surface area (Å²) in [5.41, 5.74) is 0.187. The predicted octanol–water partition coefficient (Wildman–Crippen LogP) is 2.78. The van der Waals surface area contributed by atoms with Crippen LogP contribution >= 0.6 is 0 Å². The van der Waals surface area contributed by atoms with Crippen molar-refractivity contribution < 1.29 is 4.79 Å². The number of hydrogen-bond acceptors (Lipinski definition) is 3. The average molecular weight is 279 g/mol. The Bertz CT molecular complexity index is 354. The van der Waals surface area contributed by atoms with E-state index in [1.54, 1.807) is 6.20 Å². The van der Waals surface area contributed by atoms with Crippen LogP contribution in [-0.4, -0.2) is 30.4 Å². The lowest BCUT2D eigenvalue weighted by Gasteiger charge is -2.25. The smallest absolute Gasteiger partial charge is 0.263 e. The van der Waals surface area contributed by atoms with Gasteiger partial charge in [0.25, 0.3) is 5.91 Å². The highest BCUT2D eigenvalue weighted by Gasteiger charge is 2.13. The van der Waals surface area contributed by atoms with Crippen LogP contribution in [0.25, 0.3) is 0 Å². The van der Waals surface area contributed by atoms with Gasteiger partial charge in [-0.25, -0.2) is 0 Å². The molecule has 0 rings (SSSR count). The third-order valence-electron chi connectivity index (χ3n) is 2.55. The Hall–Kier alpha value is -1.50. The maximum atomic E-state index is 12.0. The molecule has 1 N–H and O–H groups in total. The van der Waals surface area contributed by atoms with Crippen molar-refractivity contribution in [1.29, 1.82) is 5.26 Å². The molecule has 20 heavy (non-hydrogen) atoms. The molecule has 0 aliphatic rings. The van der Waals surface area contributed by atoms with Gasteiger partial charge >= 0.3 is 0 Å². The van der Waals surface area contributed by atoms with Gasteiger partial charge in [0.1, 0.15) is 11.6 Å². The van der Waals surface area contributed by atoms with Crippen LogP contribution in [-0.2, 0) is 4.79 Å². The zero-order valence-electron chi connectivity index (χ0n) is 13.7. The van der Waals surface area contributed by atoms with E-state index < -0.39 is 0 Å². The number of rotatable bonds is 8. The maximum Gasteiger partial charge on any atom is 0.263 e. The monoisotopic (exact) mass is 279 g/mol. The van der Waals surface area contributed by atoms with Crippen molar-refractivity contribution in [1.82, 2.24) is 10.2 Å². The standard InChI is InChI=1S/C16H29N3O/c1-12(2)8-18-16(20)15(7-17)11-19(9-13(3)4)10-14(5)6/h11-14H,8-10H2,1-6H3,(H,18,20)/b15-11-. The number of carbonyl (C=O) groups is 1. The second-order valence-corrected chi connectivity index (χ2v) is 6.50. The Morgan fingerprint density at radius 3 is 1.95 bits per heavy atom. The van der Waals surface area contributed by atoms with Crippen LogP contribution in [0.4, 0.5) is 0 Å². The van der Waals surface area contributed by atoms with Crippen LogP contribution in [0.5, 0.6) is 0 Å². The molecule has 0 saturated carbocycles. The molecule has 0 atom stereocenters. The molecular weight excluding hydrogens is 250 g/mol. The van der Waals surface area contributed by atoms with E-state index in [1.165, 1.54) is 0 Å². The fraction of sp³-hybridized carbons (Fsp3) is 0.750. The molecule has 0 aliphatic carbocycles. The van der Waals surface area contributed by atoms with Gasteiger partial charge in [-0.15, -0.1) is 0 Å². The highest BCUT2D eigenvalue weighted by molar-refractivity contribution is 5.97. The van der Waals surface area contributed by atoms with Crippen LogP contribution in [0.2, 0.25) is 0 Å². The van der Waals surface area contributed by atoms with Crippen molar-refractivity contribution in [3.8, 4) is 6.07 Å². The van der Waals surface area contributed by atoms with Gasteiger partial charge in [0.05, 0.1) is 0 Å². The quantitative estimate of drug-likeness (QED) is 0.549. The molecule has 0 fully saturated rings. The van der Waals surface area contributed by atoms with Gasteiger partial charge in [0.15, 0.2) is 0 Å². The average Bonchev–Trinajstić information content (AvgIpc) is 2.31. The number of carbonyl (C=O) groups excluding carboxylic acids is 1. The molecule has 0 aromatic heterocycles. The van der Waals surface area contributed by atoms with E-state index in [-0.39, 0.29) is 11.5 Å². The summed E-state index contributed by atoms with van der Waals surface area (Å²) >= 11 is 0. The lowest BCUT2D eigenvalue weighted by molar-refractivity contribution is -0.117. The van der Waals surface area contributed by atoms with E-state index in [4.69, 9.17) is 0 Å². The summed E-state index contributed by atoms with van der Waals surface area (Å²) in [7, 11) is 0. The molecule has 0 aromatic rings. The van der Waals surface area contributed by atoms with E-state index in [2.05, 4.69) is 37.9 Å².